The fraction of sp³-hybridized carbons (Fsp3) is 0.227. The third kappa shape index (κ3) is 6.28. The molecule has 4 heteroatoms. The molecule has 0 spiro atoms. The number of ether oxygens (including phenoxy) is 1. The number of carbonyl (C=O) groups is 1. The summed E-state index contributed by atoms with van der Waals surface area (Å²) in [5.74, 6) is -0.319. The van der Waals surface area contributed by atoms with Crippen molar-refractivity contribution in [1.82, 2.24) is 4.90 Å². The Morgan fingerprint density at radius 2 is 1.77 bits per heavy atom. The van der Waals surface area contributed by atoms with E-state index in [1.165, 1.54) is 12.7 Å². The highest BCUT2D eigenvalue weighted by molar-refractivity contribution is 9.10. The Bertz CT molecular complexity index is 784. The predicted molar refractivity (Wildman–Crippen MR) is 111 cm³/mol. The van der Waals surface area contributed by atoms with Crippen molar-refractivity contribution >= 4 is 28.0 Å². The van der Waals surface area contributed by atoms with Crippen molar-refractivity contribution in [2.24, 2.45) is 0 Å². The van der Waals surface area contributed by atoms with E-state index < -0.39 is 0 Å². The number of nitrogens with zero attached hydrogens (tertiary/aromatic N) is 1. The third-order valence-corrected chi connectivity index (χ3v) is 4.54. The zero-order chi connectivity index (χ0) is 18.9. The van der Waals surface area contributed by atoms with E-state index in [2.05, 4.69) is 39.5 Å². The van der Waals surface area contributed by atoms with E-state index in [0.29, 0.717) is 18.7 Å². The summed E-state index contributed by atoms with van der Waals surface area (Å²) in [5, 5.41) is 0. The summed E-state index contributed by atoms with van der Waals surface area (Å²) < 4.78 is 5.95. The maximum absolute atomic E-state index is 12.3. The minimum Gasteiger partial charge on any atom is -0.466 e. The smallest absolute Gasteiger partial charge is 0.335 e. The van der Waals surface area contributed by atoms with Crippen LogP contribution >= 0.6 is 15.9 Å². The van der Waals surface area contributed by atoms with Crippen LogP contribution in [0.2, 0.25) is 0 Å². The molecule has 26 heavy (non-hydrogen) atoms. The first-order chi connectivity index (χ1) is 12.5. The number of carbonyl (C=O) groups excluding carboxylic acids is 1. The highest BCUT2D eigenvalue weighted by Gasteiger charge is 2.16. The fourth-order valence-corrected chi connectivity index (χ4v) is 3.11. The normalized spacial score (nSPS) is 11.5. The Balaban J connectivity index is 2.28. The molecule has 0 bridgehead atoms. The van der Waals surface area contributed by atoms with Gasteiger partial charge >= 0.3 is 5.97 Å². The number of methoxy groups -OCH3 is 1. The number of esters is 1. The molecular formula is C22H24BrNO2. The van der Waals surface area contributed by atoms with Gasteiger partial charge in [0.05, 0.1) is 12.7 Å². The van der Waals surface area contributed by atoms with E-state index in [-0.39, 0.29) is 5.97 Å². The molecular weight excluding hydrogens is 390 g/mol. The lowest BCUT2D eigenvalue weighted by molar-refractivity contribution is -0.136. The van der Waals surface area contributed by atoms with Gasteiger partial charge in [-0.05, 0) is 30.2 Å². The molecule has 0 saturated heterocycles. The molecule has 0 aromatic heterocycles. The van der Waals surface area contributed by atoms with Crippen LogP contribution in [0.5, 0.6) is 0 Å². The average Bonchev–Trinajstić information content (AvgIpc) is 2.62. The quantitative estimate of drug-likeness (QED) is 0.343. The van der Waals surface area contributed by atoms with Crippen molar-refractivity contribution in [2.45, 2.75) is 13.5 Å². The molecule has 0 N–H and O–H groups in total. The molecule has 0 aliphatic rings. The van der Waals surface area contributed by atoms with Gasteiger partial charge < -0.3 is 4.74 Å². The molecule has 136 valence electrons. The van der Waals surface area contributed by atoms with Gasteiger partial charge in [0.2, 0.25) is 0 Å². The molecule has 0 fully saturated rings. The second-order valence-corrected chi connectivity index (χ2v) is 7.12. The van der Waals surface area contributed by atoms with Crippen molar-refractivity contribution in [3.63, 3.8) is 0 Å². The van der Waals surface area contributed by atoms with Crippen LogP contribution in [-0.4, -0.2) is 31.1 Å². The van der Waals surface area contributed by atoms with Crippen LogP contribution in [0.15, 0.2) is 76.8 Å². The van der Waals surface area contributed by atoms with Gasteiger partial charge in [0.25, 0.3) is 0 Å². The summed E-state index contributed by atoms with van der Waals surface area (Å²) >= 11 is 3.53. The minimum atomic E-state index is -0.319. The van der Waals surface area contributed by atoms with Crippen LogP contribution < -0.4 is 0 Å². The van der Waals surface area contributed by atoms with Crippen molar-refractivity contribution in [2.75, 3.05) is 20.2 Å². The van der Waals surface area contributed by atoms with Crippen molar-refractivity contribution in [1.29, 1.82) is 0 Å². The first-order valence-corrected chi connectivity index (χ1v) is 9.23. The van der Waals surface area contributed by atoms with Crippen LogP contribution in [0, 0.1) is 0 Å². The molecule has 0 radical (unpaired) electrons. The Morgan fingerprint density at radius 3 is 2.38 bits per heavy atom. The largest absolute Gasteiger partial charge is 0.466 e. The minimum absolute atomic E-state index is 0.319. The van der Waals surface area contributed by atoms with Gasteiger partial charge in [-0.1, -0.05) is 76.6 Å². The van der Waals surface area contributed by atoms with Gasteiger partial charge in [-0.2, -0.15) is 0 Å². The Kier molecular flexibility index (Phi) is 7.82. The number of halogens is 1. The summed E-state index contributed by atoms with van der Waals surface area (Å²) in [5.41, 5.74) is 3.80. The van der Waals surface area contributed by atoms with Gasteiger partial charge in [-0.25, -0.2) is 4.79 Å². The zero-order valence-electron chi connectivity index (χ0n) is 15.2. The van der Waals surface area contributed by atoms with E-state index in [9.17, 15) is 4.79 Å². The Hall–Kier alpha value is -2.17. The lowest BCUT2D eigenvalue weighted by Crippen LogP contribution is -2.29. The topological polar surface area (TPSA) is 29.5 Å². The second-order valence-electron chi connectivity index (χ2n) is 6.27. The van der Waals surface area contributed by atoms with Crippen LogP contribution in [0.1, 0.15) is 18.1 Å². The monoisotopic (exact) mass is 413 g/mol. The summed E-state index contributed by atoms with van der Waals surface area (Å²) in [6.45, 7) is 7.94. The van der Waals surface area contributed by atoms with Gasteiger partial charge in [-0.15, -0.1) is 0 Å². The van der Waals surface area contributed by atoms with Crippen LogP contribution in [0.25, 0.3) is 6.08 Å². The van der Waals surface area contributed by atoms with Crippen molar-refractivity contribution in [3.8, 4) is 0 Å². The molecule has 3 nitrogen and oxygen atoms in total. The van der Waals surface area contributed by atoms with Gasteiger partial charge in [0.15, 0.2) is 0 Å². The number of hydrogen-bond acceptors (Lipinski definition) is 3. The number of hydrogen-bond donors (Lipinski definition) is 0. The Labute approximate surface area is 164 Å². The van der Waals surface area contributed by atoms with Crippen LogP contribution in [0.4, 0.5) is 0 Å². The lowest BCUT2D eigenvalue weighted by atomic mass is 10.1. The van der Waals surface area contributed by atoms with Gasteiger partial charge in [0, 0.05) is 24.1 Å². The SMILES string of the molecule is C=C(C)CN(C/C(=C\c1ccccc1Br)C(=O)OC)Cc1ccccc1. The van der Waals surface area contributed by atoms with Crippen molar-refractivity contribution in [3.05, 3.63) is 87.9 Å². The Morgan fingerprint density at radius 1 is 1.12 bits per heavy atom. The van der Waals surface area contributed by atoms with E-state index in [4.69, 9.17) is 4.74 Å². The maximum atomic E-state index is 12.3. The molecule has 0 amide bonds. The molecule has 2 aromatic rings. The molecule has 2 aromatic carbocycles. The highest BCUT2D eigenvalue weighted by Crippen LogP contribution is 2.20. The zero-order valence-corrected chi connectivity index (χ0v) is 16.8. The summed E-state index contributed by atoms with van der Waals surface area (Å²) in [7, 11) is 1.41. The number of rotatable bonds is 8. The number of benzene rings is 2. The fourth-order valence-electron chi connectivity index (χ4n) is 2.71. The lowest BCUT2D eigenvalue weighted by Gasteiger charge is -2.23. The summed E-state index contributed by atoms with van der Waals surface area (Å²) in [6, 6.07) is 18.0. The van der Waals surface area contributed by atoms with E-state index in [1.54, 1.807) is 0 Å². The van der Waals surface area contributed by atoms with Crippen molar-refractivity contribution < 1.29 is 9.53 Å². The average molecular weight is 414 g/mol. The van der Waals surface area contributed by atoms with E-state index in [1.807, 2.05) is 55.5 Å². The highest BCUT2D eigenvalue weighted by atomic mass is 79.9. The van der Waals surface area contributed by atoms with Gasteiger partial charge in [0.1, 0.15) is 0 Å². The maximum Gasteiger partial charge on any atom is 0.335 e. The molecule has 0 atom stereocenters. The summed E-state index contributed by atoms with van der Waals surface area (Å²) in [4.78, 5) is 14.5. The molecule has 0 aliphatic heterocycles. The molecule has 0 saturated carbocycles. The summed E-state index contributed by atoms with van der Waals surface area (Å²) in [6.07, 6.45) is 1.88. The first kappa shape index (κ1) is 20.1. The second kappa shape index (κ2) is 10.1. The van der Waals surface area contributed by atoms with Crippen LogP contribution in [0.3, 0.4) is 0 Å². The predicted octanol–water partition coefficient (Wildman–Crippen LogP) is 5.08. The standard InChI is InChI=1S/C22H24BrNO2/c1-17(2)14-24(15-18-9-5-4-6-10-18)16-20(22(25)26-3)13-19-11-7-8-12-21(19)23/h4-13H,1,14-16H2,2-3H3/b20-13+. The van der Waals surface area contributed by atoms with E-state index in [0.717, 1.165) is 22.2 Å². The molecule has 2 rings (SSSR count). The van der Waals surface area contributed by atoms with Gasteiger partial charge in [-0.3, -0.25) is 4.90 Å². The molecule has 0 unspecified atom stereocenters. The third-order valence-electron chi connectivity index (χ3n) is 3.82. The first-order valence-electron chi connectivity index (χ1n) is 8.43. The van der Waals surface area contributed by atoms with Crippen LogP contribution in [-0.2, 0) is 16.1 Å². The molecule has 0 heterocycles. The molecule has 0 aliphatic carbocycles. The van der Waals surface area contributed by atoms with E-state index >= 15 is 0 Å².